The molecule has 0 aliphatic heterocycles. The highest BCUT2D eigenvalue weighted by atomic mass is 35.5. The number of benzene rings is 2. The minimum absolute atomic E-state index is 0.0136. The molecule has 0 aliphatic rings. The van der Waals surface area contributed by atoms with E-state index in [9.17, 15) is 10.2 Å². The molecule has 0 aliphatic carbocycles. The summed E-state index contributed by atoms with van der Waals surface area (Å²) in [5, 5.41) is 24.9. The van der Waals surface area contributed by atoms with Gasteiger partial charge in [-0.2, -0.15) is 0 Å². The number of aliphatic hydroxyl groups is 1. The number of hydrogen-bond acceptors (Lipinski definition) is 6. The van der Waals surface area contributed by atoms with Crippen molar-refractivity contribution in [3.63, 3.8) is 0 Å². The third kappa shape index (κ3) is 3.49. The second-order valence-electron chi connectivity index (χ2n) is 7.35. The van der Waals surface area contributed by atoms with Gasteiger partial charge < -0.3 is 29.4 Å². The minimum Gasteiger partial charge on any atom is -0.494 e. The number of aromatic hydroxyl groups is 1. The Morgan fingerprint density at radius 2 is 2.00 bits per heavy atom. The van der Waals surface area contributed by atoms with Gasteiger partial charge in [-0.15, -0.1) is 0 Å². The molecule has 0 fully saturated rings. The summed E-state index contributed by atoms with van der Waals surface area (Å²) < 4.78 is 9.57. The molecule has 2 aromatic carbocycles. The average Bonchev–Trinajstić information content (AvgIpc) is 3.32. The molecule has 3 N–H and O–H groups in total. The van der Waals surface area contributed by atoms with E-state index in [4.69, 9.17) is 16.3 Å². The maximum atomic E-state index is 10.4. The molecule has 0 radical (unpaired) electrons. The Labute approximate surface area is 188 Å². The van der Waals surface area contributed by atoms with Crippen LogP contribution in [0.15, 0.2) is 61.2 Å². The number of hydrogen-bond donors (Lipinski definition) is 3. The van der Waals surface area contributed by atoms with Crippen LogP contribution >= 0.6 is 11.6 Å². The fourth-order valence-electron chi connectivity index (χ4n) is 3.76. The van der Waals surface area contributed by atoms with E-state index < -0.39 is 0 Å². The van der Waals surface area contributed by atoms with Gasteiger partial charge in [0.25, 0.3) is 0 Å². The SMILES string of the molecule is Cn1cc2cccc(Oc3ccc(Nc4ncnc5ccn(CCO)c45)cc3Cl)c2c1O. The number of rotatable bonds is 6. The van der Waals surface area contributed by atoms with Crippen LogP contribution in [0.25, 0.3) is 21.8 Å². The van der Waals surface area contributed by atoms with Crippen LogP contribution in [0, 0.1) is 0 Å². The van der Waals surface area contributed by atoms with Gasteiger partial charge in [-0.1, -0.05) is 23.7 Å². The molecule has 32 heavy (non-hydrogen) atoms. The van der Waals surface area contributed by atoms with Gasteiger partial charge in [0.05, 0.1) is 22.5 Å². The van der Waals surface area contributed by atoms with E-state index in [1.165, 1.54) is 6.33 Å². The molecule has 5 rings (SSSR count). The number of ether oxygens (including phenoxy) is 1. The molecule has 3 aromatic heterocycles. The zero-order valence-electron chi connectivity index (χ0n) is 17.2. The molecule has 0 amide bonds. The number of fused-ring (bicyclic) bond motifs is 2. The first-order chi connectivity index (χ1) is 15.5. The first-order valence-corrected chi connectivity index (χ1v) is 10.3. The van der Waals surface area contributed by atoms with Crippen molar-refractivity contribution in [2.45, 2.75) is 6.54 Å². The minimum atomic E-state index is 0.0136. The lowest BCUT2D eigenvalue weighted by molar-refractivity contribution is 0.278. The molecule has 8 nitrogen and oxygen atoms in total. The largest absolute Gasteiger partial charge is 0.494 e. The molecule has 0 saturated carbocycles. The summed E-state index contributed by atoms with van der Waals surface area (Å²) in [7, 11) is 1.77. The fourth-order valence-corrected chi connectivity index (χ4v) is 3.98. The van der Waals surface area contributed by atoms with Crippen LogP contribution in [0.5, 0.6) is 17.4 Å². The summed E-state index contributed by atoms with van der Waals surface area (Å²) in [5.41, 5.74) is 2.29. The molecule has 0 atom stereocenters. The van der Waals surface area contributed by atoms with Gasteiger partial charge in [-0.3, -0.25) is 0 Å². The van der Waals surface area contributed by atoms with Gasteiger partial charge in [-0.05, 0) is 30.3 Å². The molecule has 0 bridgehead atoms. The second kappa shape index (κ2) is 8.07. The van der Waals surface area contributed by atoms with E-state index in [0.717, 1.165) is 22.1 Å². The van der Waals surface area contributed by atoms with Gasteiger partial charge in [-0.25, -0.2) is 9.97 Å². The van der Waals surface area contributed by atoms with Crippen molar-refractivity contribution >= 4 is 44.9 Å². The summed E-state index contributed by atoms with van der Waals surface area (Å²) in [4.78, 5) is 8.63. The van der Waals surface area contributed by atoms with Crippen LogP contribution in [0.4, 0.5) is 11.5 Å². The van der Waals surface area contributed by atoms with Gasteiger partial charge in [0.1, 0.15) is 23.3 Å². The monoisotopic (exact) mass is 449 g/mol. The zero-order chi connectivity index (χ0) is 22.2. The number of nitrogens with zero attached hydrogens (tertiary/aromatic N) is 4. The van der Waals surface area contributed by atoms with Crippen molar-refractivity contribution in [3.05, 3.63) is 66.2 Å². The van der Waals surface area contributed by atoms with Crippen molar-refractivity contribution in [1.82, 2.24) is 19.1 Å². The third-order valence-corrected chi connectivity index (χ3v) is 5.55. The first-order valence-electron chi connectivity index (χ1n) is 9.97. The standard InChI is InChI=1S/C23H20ClN5O3/c1-28-12-14-3-2-4-19(20(14)23(28)31)32-18-6-5-15(11-16(18)24)27-22-21-17(25-13-26-22)7-8-29(21)9-10-30/h2-8,11-13,30-31H,9-10H2,1H3,(H,25,26,27). The summed E-state index contributed by atoms with van der Waals surface area (Å²) >= 11 is 6.52. The quantitative estimate of drug-likeness (QED) is 0.344. The first kappa shape index (κ1) is 20.2. The highest BCUT2D eigenvalue weighted by molar-refractivity contribution is 6.32. The molecular formula is C23H20ClN5O3. The topological polar surface area (TPSA) is 97.4 Å². The highest BCUT2D eigenvalue weighted by Gasteiger charge is 2.14. The summed E-state index contributed by atoms with van der Waals surface area (Å²) in [6.07, 6.45) is 5.19. The Morgan fingerprint density at radius 1 is 1.12 bits per heavy atom. The Bertz CT molecular complexity index is 1440. The molecular weight excluding hydrogens is 430 g/mol. The van der Waals surface area contributed by atoms with E-state index in [2.05, 4.69) is 15.3 Å². The third-order valence-electron chi connectivity index (χ3n) is 5.25. The molecule has 3 heterocycles. The molecule has 162 valence electrons. The van der Waals surface area contributed by atoms with Gasteiger partial charge in [0, 0.05) is 37.1 Å². The number of aromatic nitrogens is 4. The maximum Gasteiger partial charge on any atom is 0.202 e. The van der Waals surface area contributed by atoms with Crippen LogP contribution in [-0.2, 0) is 13.6 Å². The number of aryl methyl sites for hydroxylation is 1. The van der Waals surface area contributed by atoms with E-state index in [1.807, 2.05) is 41.2 Å². The zero-order valence-corrected chi connectivity index (χ0v) is 17.9. The summed E-state index contributed by atoms with van der Waals surface area (Å²) in [5.74, 6) is 1.72. The average molecular weight is 450 g/mol. The van der Waals surface area contributed by atoms with Crippen molar-refractivity contribution in [1.29, 1.82) is 0 Å². The van der Waals surface area contributed by atoms with Crippen LogP contribution in [0.1, 0.15) is 0 Å². The Balaban J connectivity index is 1.45. The maximum absolute atomic E-state index is 10.4. The van der Waals surface area contributed by atoms with Gasteiger partial charge >= 0.3 is 0 Å². The van der Waals surface area contributed by atoms with Crippen LogP contribution in [0.3, 0.4) is 0 Å². The van der Waals surface area contributed by atoms with Crippen molar-refractivity contribution in [2.24, 2.45) is 7.05 Å². The fraction of sp³-hybridized carbons (Fsp3) is 0.130. The van der Waals surface area contributed by atoms with Crippen LogP contribution < -0.4 is 10.1 Å². The molecule has 0 unspecified atom stereocenters. The number of aliphatic hydroxyl groups excluding tert-OH is 1. The smallest absolute Gasteiger partial charge is 0.202 e. The van der Waals surface area contributed by atoms with E-state index in [1.54, 1.807) is 29.8 Å². The molecule has 0 saturated heterocycles. The summed E-state index contributed by atoms with van der Waals surface area (Å²) in [6.45, 7) is 0.455. The number of anilines is 2. The lowest BCUT2D eigenvalue weighted by Crippen LogP contribution is -2.04. The van der Waals surface area contributed by atoms with E-state index in [0.29, 0.717) is 34.3 Å². The van der Waals surface area contributed by atoms with Crippen LogP contribution in [-0.4, -0.2) is 35.9 Å². The second-order valence-corrected chi connectivity index (χ2v) is 7.75. The number of halogens is 1. The molecule has 0 spiro atoms. The predicted molar refractivity (Wildman–Crippen MR) is 124 cm³/mol. The molecule has 5 aromatic rings. The highest BCUT2D eigenvalue weighted by Crippen LogP contribution is 2.39. The van der Waals surface area contributed by atoms with E-state index in [-0.39, 0.29) is 12.5 Å². The Kier molecular flexibility index (Phi) is 5.08. The summed E-state index contributed by atoms with van der Waals surface area (Å²) in [6, 6.07) is 12.8. The lowest BCUT2D eigenvalue weighted by atomic mass is 10.2. The van der Waals surface area contributed by atoms with Crippen molar-refractivity contribution < 1.29 is 14.9 Å². The van der Waals surface area contributed by atoms with Crippen molar-refractivity contribution in [2.75, 3.05) is 11.9 Å². The Morgan fingerprint density at radius 3 is 2.81 bits per heavy atom. The van der Waals surface area contributed by atoms with E-state index >= 15 is 0 Å². The molecule has 9 heteroatoms. The lowest BCUT2D eigenvalue weighted by Gasteiger charge is -2.13. The Hall–Kier alpha value is -3.75. The van der Waals surface area contributed by atoms with Gasteiger partial charge in [0.2, 0.25) is 5.88 Å². The normalized spacial score (nSPS) is 11.3. The predicted octanol–water partition coefficient (Wildman–Crippen LogP) is 4.81. The van der Waals surface area contributed by atoms with Crippen molar-refractivity contribution in [3.8, 4) is 17.4 Å². The van der Waals surface area contributed by atoms with Crippen LogP contribution in [0.2, 0.25) is 5.02 Å². The van der Waals surface area contributed by atoms with Gasteiger partial charge in [0.15, 0.2) is 5.82 Å². The number of nitrogens with one attached hydrogen (secondary N) is 1.